The van der Waals surface area contributed by atoms with E-state index >= 15 is 0 Å². The molecule has 142 valence electrons. The molecule has 1 aromatic carbocycles. The summed E-state index contributed by atoms with van der Waals surface area (Å²) in [5.74, 6) is -0.0576. The average Bonchev–Trinajstić information content (AvgIpc) is 2.68. The van der Waals surface area contributed by atoms with Crippen LogP contribution in [0.15, 0.2) is 24.3 Å². The highest BCUT2D eigenvalue weighted by atomic mass is 32.1. The number of hydrogen-bond donors (Lipinski definition) is 1. The Labute approximate surface area is 158 Å². The molecule has 1 N–H and O–H groups in total. The van der Waals surface area contributed by atoms with Gasteiger partial charge in [-0.15, -0.1) is 0 Å². The second-order valence-electron chi connectivity index (χ2n) is 6.54. The van der Waals surface area contributed by atoms with Crippen LogP contribution in [0, 0.1) is 5.82 Å². The van der Waals surface area contributed by atoms with Gasteiger partial charge in [-0.2, -0.15) is 0 Å². The summed E-state index contributed by atoms with van der Waals surface area (Å²) in [4.78, 5) is 18.5. The van der Waals surface area contributed by atoms with Crippen LogP contribution in [0.2, 0.25) is 0 Å². The number of carbonyl (C=O) groups is 1. The molecule has 0 radical (unpaired) electrons. The molecular weight excluding hydrogens is 355 g/mol. The first kappa shape index (κ1) is 19.0. The van der Waals surface area contributed by atoms with Crippen LogP contribution < -0.4 is 5.32 Å². The van der Waals surface area contributed by atoms with Crippen molar-refractivity contribution in [1.82, 2.24) is 20.0 Å². The van der Waals surface area contributed by atoms with Crippen LogP contribution in [-0.4, -0.2) is 84.7 Å². The molecule has 26 heavy (non-hydrogen) atoms. The molecule has 6 nitrogen and oxygen atoms in total. The maximum atomic E-state index is 12.9. The second-order valence-corrected chi connectivity index (χ2v) is 6.93. The molecule has 0 unspecified atom stereocenters. The first-order chi connectivity index (χ1) is 12.6. The summed E-state index contributed by atoms with van der Waals surface area (Å²) in [5.41, 5.74) is 0.989. The lowest BCUT2D eigenvalue weighted by atomic mass is 10.2. The standard InChI is InChI=1S/C18H25FN4O2S/c19-16-3-1-15(2-4-16)13-20-18(26)23-7-5-21(6-8-23)14-17(24)22-9-11-25-12-10-22/h1-4H,5-14H2,(H,20,26). The van der Waals surface area contributed by atoms with Gasteiger partial charge < -0.3 is 19.9 Å². The predicted molar refractivity (Wildman–Crippen MR) is 101 cm³/mol. The minimum atomic E-state index is -0.237. The molecule has 0 atom stereocenters. The lowest BCUT2D eigenvalue weighted by Crippen LogP contribution is -2.54. The van der Waals surface area contributed by atoms with Crippen molar-refractivity contribution in [2.45, 2.75) is 6.54 Å². The van der Waals surface area contributed by atoms with Gasteiger partial charge >= 0.3 is 0 Å². The molecule has 2 aliphatic heterocycles. The van der Waals surface area contributed by atoms with Crippen LogP contribution in [0.25, 0.3) is 0 Å². The van der Waals surface area contributed by atoms with Crippen LogP contribution in [0.3, 0.4) is 0 Å². The minimum absolute atomic E-state index is 0.179. The van der Waals surface area contributed by atoms with Crippen molar-refractivity contribution in [2.24, 2.45) is 0 Å². The summed E-state index contributed by atoms with van der Waals surface area (Å²) in [5, 5.41) is 3.93. The molecule has 2 heterocycles. The Morgan fingerprint density at radius 1 is 1.04 bits per heavy atom. The second kappa shape index (κ2) is 9.25. The molecule has 0 aromatic heterocycles. The summed E-state index contributed by atoms with van der Waals surface area (Å²) in [6.07, 6.45) is 0. The van der Waals surface area contributed by atoms with Crippen molar-refractivity contribution in [1.29, 1.82) is 0 Å². The van der Waals surface area contributed by atoms with E-state index in [-0.39, 0.29) is 11.7 Å². The first-order valence-corrected chi connectivity index (χ1v) is 9.38. The normalized spacial score (nSPS) is 18.7. The van der Waals surface area contributed by atoms with E-state index in [9.17, 15) is 9.18 Å². The molecule has 0 bridgehead atoms. The van der Waals surface area contributed by atoms with E-state index < -0.39 is 0 Å². The number of benzene rings is 1. The van der Waals surface area contributed by atoms with Gasteiger partial charge in [-0.05, 0) is 29.9 Å². The number of rotatable bonds is 4. The molecule has 1 aromatic rings. The van der Waals surface area contributed by atoms with Gasteiger partial charge in [0.2, 0.25) is 5.91 Å². The number of carbonyl (C=O) groups excluding carboxylic acids is 1. The molecule has 1 amide bonds. The van der Waals surface area contributed by atoms with Gasteiger partial charge in [0.25, 0.3) is 0 Å². The van der Waals surface area contributed by atoms with Crippen LogP contribution in [0.1, 0.15) is 5.56 Å². The van der Waals surface area contributed by atoms with Crippen molar-refractivity contribution in [3.8, 4) is 0 Å². The maximum Gasteiger partial charge on any atom is 0.236 e. The van der Waals surface area contributed by atoms with Crippen LogP contribution in [-0.2, 0) is 16.1 Å². The molecule has 0 saturated carbocycles. The Morgan fingerprint density at radius 2 is 1.69 bits per heavy atom. The summed E-state index contributed by atoms with van der Waals surface area (Å²) in [6, 6.07) is 6.40. The Balaban J connectivity index is 1.38. The summed E-state index contributed by atoms with van der Waals surface area (Å²) >= 11 is 5.46. The Bertz CT molecular complexity index is 614. The van der Waals surface area contributed by atoms with E-state index in [1.165, 1.54) is 12.1 Å². The molecule has 2 saturated heterocycles. The first-order valence-electron chi connectivity index (χ1n) is 8.97. The quantitative estimate of drug-likeness (QED) is 0.776. The third kappa shape index (κ3) is 5.36. The largest absolute Gasteiger partial charge is 0.378 e. The number of nitrogens with zero attached hydrogens (tertiary/aromatic N) is 3. The Morgan fingerprint density at radius 3 is 2.35 bits per heavy atom. The molecular formula is C18H25FN4O2S. The van der Waals surface area contributed by atoms with Crippen molar-refractivity contribution >= 4 is 23.2 Å². The Hall–Kier alpha value is -1.77. The summed E-state index contributed by atoms with van der Waals surface area (Å²) in [6.45, 7) is 6.91. The molecule has 3 rings (SSSR count). The number of morpholine rings is 1. The van der Waals surface area contributed by atoms with Gasteiger partial charge in [-0.25, -0.2) is 4.39 Å². The van der Waals surface area contributed by atoms with Gasteiger partial charge in [0.15, 0.2) is 5.11 Å². The number of halogens is 1. The minimum Gasteiger partial charge on any atom is -0.378 e. The van der Waals surface area contributed by atoms with Crippen LogP contribution in [0.4, 0.5) is 4.39 Å². The van der Waals surface area contributed by atoms with E-state index in [1.807, 2.05) is 4.90 Å². The highest BCUT2D eigenvalue weighted by Gasteiger charge is 2.23. The van der Waals surface area contributed by atoms with E-state index in [1.54, 1.807) is 12.1 Å². The predicted octanol–water partition coefficient (Wildman–Crippen LogP) is 0.677. The Kier molecular flexibility index (Phi) is 6.76. The molecule has 0 aliphatic carbocycles. The summed E-state index contributed by atoms with van der Waals surface area (Å²) in [7, 11) is 0. The fourth-order valence-electron chi connectivity index (χ4n) is 3.10. The van der Waals surface area contributed by atoms with E-state index in [4.69, 9.17) is 17.0 Å². The zero-order chi connectivity index (χ0) is 18.4. The molecule has 0 spiro atoms. The number of piperazine rings is 1. The van der Waals surface area contributed by atoms with Crippen molar-refractivity contribution in [2.75, 3.05) is 59.0 Å². The van der Waals surface area contributed by atoms with E-state index in [0.717, 1.165) is 31.7 Å². The van der Waals surface area contributed by atoms with Crippen molar-refractivity contribution in [3.05, 3.63) is 35.6 Å². The monoisotopic (exact) mass is 380 g/mol. The highest BCUT2D eigenvalue weighted by Crippen LogP contribution is 2.06. The molecule has 2 fully saturated rings. The number of thiocarbonyl (C=S) groups is 1. The van der Waals surface area contributed by atoms with Gasteiger partial charge in [0.1, 0.15) is 5.82 Å². The number of nitrogens with one attached hydrogen (secondary N) is 1. The SMILES string of the molecule is O=C(CN1CCN(C(=S)NCc2ccc(F)cc2)CC1)N1CCOCC1. The maximum absolute atomic E-state index is 12.9. The smallest absolute Gasteiger partial charge is 0.236 e. The van der Waals surface area contributed by atoms with Crippen molar-refractivity contribution < 1.29 is 13.9 Å². The number of ether oxygens (including phenoxy) is 1. The third-order valence-corrected chi connectivity index (χ3v) is 5.14. The zero-order valence-electron chi connectivity index (χ0n) is 14.8. The fraction of sp³-hybridized carbons (Fsp3) is 0.556. The lowest BCUT2D eigenvalue weighted by Gasteiger charge is -2.37. The van der Waals surface area contributed by atoms with Crippen LogP contribution >= 0.6 is 12.2 Å². The average molecular weight is 380 g/mol. The number of hydrogen-bond acceptors (Lipinski definition) is 4. The third-order valence-electron chi connectivity index (χ3n) is 4.74. The summed E-state index contributed by atoms with van der Waals surface area (Å²) < 4.78 is 18.2. The number of amides is 1. The highest BCUT2D eigenvalue weighted by molar-refractivity contribution is 7.80. The van der Waals surface area contributed by atoms with Gasteiger partial charge in [-0.1, -0.05) is 12.1 Å². The van der Waals surface area contributed by atoms with E-state index in [0.29, 0.717) is 44.5 Å². The molecule has 8 heteroatoms. The zero-order valence-corrected chi connectivity index (χ0v) is 15.6. The van der Waals surface area contributed by atoms with Gasteiger partial charge in [-0.3, -0.25) is 9.69 Å². The molecule has 2 aliphatic rings. The van der Waals surface area contributed by atoms with E-state index in [2.05, 4.69) is 15.1 Å². The fourth-order valence-corrected chi connectivity index (χ4v) is 3.36. The van der Waals surface area contributed by atoms with Crippen LogP contribution in [0.5, 0.6) is 0 Å². The van der Waals surface area contributed by atoms with Gasteiger partial charge in [0, 0.05) is 45.8 Å². The van der Waals surface area contributed by atoms with Gasteiger partial charge in [0.05, 0.1) is 19.8 Å². The topological polar surface area (TPSA) is 48.1 Å². The lowest BCUT2D eigenvalue weighted by molar-refractivity contribution is -0.136. The van der Waals surface area contributed by atoms with Crippen molar-refractivity contribution in [3.63, 3.8) is 0 Å².